The number of anilines is 1. The number of ether oxygens (including phenoxy) is 1. The van der Waals surface area contributed by atoms with Crippen molar-refractivity contribution in [2.24, 2.45) is 0 Å². The SMILES string of the molecule is COc1cccc(Cc2nc(C)c(I)c(N)n2)c1. The van der Waals surface area contributed by atoms with E-state index in [1.807, 2.05) is 31.2 Å². The van der Waals surface area contributed by atoms with Gasteiger partial charge in [0.25, 0.3) is 0 Å². The molecule has 0 aliphatic rings. The molecule has 4 nitrogen and oxygen atoms in total. The number of halogens is 1. The van der Waals surface area contributed by atoms with Crippen LogP contribution < -0.4 is 10.5 Å². The molecule has 0 unspecified atom stereocenters. The molecule has 5 heteroatoms. The molecule has 0 atom stereocenters. The highest BCUT2D eigenvalue weighted by atomic mass is 127. The third kappa shape index (κ3) is 2.90. The van der Waals surface area contributed by atoms with Crippen molar-refractivity contribution in [3.8, 4) is 5.75 Å². The number of nitrogen functional groups attached to an aromatic ring is 1. The van der Waals surface area contributed by atoms with Crippen LogP contribution in [0, 0.1) is 10.5 Å². The molecule has 0 radical (unpaired) electrons. The molecule has 18 heavy (non-hydrogen) atoms. The lowest BCUT2D eigenvalue weighted by Gasteiger charge is -2.07. The highest BCUT2D eigenvalue weighted by Gasteiger charge is 2.07. The van der Waals surface area contributed by atoms with Crippen molar-refractivity contribution < 1.29 is 4.74 Å². The number of methoxy groups -OCH3 is 1. The number of benzene rings is 1. The van der Waals surface area contributed by atoms with E-state index in [-0.39, 0.29) is 0 Å². The van der Waals surface area contributed by atoms with Crippen molar-refractivity contribution in [1.29, 1.82) is 0 Å². The molecule has 2 aromatic rings. The van der Waals surface area contributed by atoms with Crippen LogP contribution in [0.25, 0.3) is 0 Å². The van der Waals surface area contributed by atoms with Crippen LogP contribution in [0.3, 0.4) is 0 Å². The maximum atomic E-state index is 5.85. The summed E-state index contributed by atoms with van der Waals surface area (Å²) in [5.74, 6) is 2.11. The zero-order valence-electron chi connectivity index (χ0n) is 10.3. The molecule has 1 heterocycles. The Balaban J connectivity index is 2.28. The fraction of sp³-hybridized carbons (Fsp3) is 0.231. The fourth-order valence-electron chi connectivity index (χ4n) is 1.69. The first-order valence-electron chi connectivity index (χ1n) is 5.51. The van der Waals surface area contributed by atoms with Crippen LogP contribution in [0.5, 0.6) is 5.75 Å². The Morgan fingerprint density at radius 2 is 2.11 bits per heavy atom. The van der Waals surface area contributed by atoms with E-state index in [9.17, 15) is 0 Å². The monoisotopic (exact) mass is 355 g/mol. The van der Waals surface area contributed by atoms with Crippen LogP contribution in [-0.2, 0) is 6.42 Å². The van der Waals surface area contributed by atoms with Gasteiger partial charge in [-0.3, -0.25) is 0 Å². The molecule has 2 rings (SSSR count). The molecule has 1 aromatic carbocycles. The van der Waals surface area contributed by atoms with E-state index >= 15 is 0 Å². The second-order valence-corrected chi connectivity index (χ2v) is 5.03. The maximum absolute atomic E-state index is 5.85. The summed E-state index contributed by atoms with van der Waals surface area (Å²) >= 11 is 2.16. The minimum absolute atomic E-state index is 0.543. The second kappa shape index (κ2) is 5.51. The summed E-state index contributed by atoms with van der Waals surface area (Å²) in [5.41, 5.74) is 7.87. The first kappa shape index (κ1) is 13.1. The molecule has 0 spiro atoms. The number of hydrogen-bond donors (Lipinski definition) is 1. The number of nitrogens with two attached hydrogens (primary N) is 1. The van der Waals surface area contributed by atoms with Gasteiger partial charge in [-0.25, -0.2) is 9.97 Å². The first-order valence-corrected chi connectivity index (χ1v) is 6.59. The Kier molecular flexibility index (Phi) is 4.00. The molecule has 0 bridgehead atoms. The van der Waals surface area contributed by atoms with Gasteiger partial charge in [-0.15, -0.1) is 0 Å². The predicted octanol–water partition coefficient (Wildman–Crippen LogP) is 2.57. The topological polar surface area (TPSA) is 61.0 Å². The van der Waals surface area contributed by atoms with Gasteiger partial charge in [0.1, 0.15) is 17.4 Å². The molecule has 0 saturated heterocycles. The van der Waals surface area contributed by atoms with Crippen LogP contribution in [0.15, 0.2) is 24.3 Å². The fourth-order valence-corrected chi connectivity index (χ4v) is 1.93. The molecular formula is C13H14IN3O. The Hall–Kier alpha value is -1.37. The van der Waals surface area contributed by atoms with E-state index in [0.29, 0.717) is 12.2 Å². The Labute approximate surface area is 120 Å². The molecule has 94 valence electrons. The first-order chi connectivity index (χ1) is 8.60. The van der Waals surface area contributed by atoms with Gasteiger partial charge in [0.2, 0.25) is 0 Å². The zero-order chi connectivity index (χ0) is 13.1. The largest absolute Gasteiger partial charge is 0.497 e. The minimum Gasteiger partial charge on any atom is -0.497 e. The lowest BCUT2D eigenvalue weighted by Crippen LogP contribution is -2.05. The molecular weight excluding hydrogens is 341 g/mol. The van der Waals surface area contributed by atoms with E-state index in [4.69, 9.17) is 10.5 Å². The van der Waals surface area contributed by atoms with E-state index in [2.05, 4.69) is 32.6 Å². The smallest absolute Gasteiger partial charge is 0.140 e. The summed E-state index contributed by atoms with van der Waals surface area (Å²) in [6, 6.07) is 7.87. The lowest BCUT2D eigenvalue weighted by molar-refractivity contribution is 0.414. The van der Waals surface area contributed by atoms with E-state index in [0.717, 1.165) is 26.4 Å². The van der Waals surface area contributed by atoms with E-state index in [1.165, 1.54) is 0 Å². The number of rotatable bonds is 3. The highest BCUT2D eigenvalue weighted by Crippen LogP contribution is 2.18. The third-order valence-corrected chi connectivity index (χ3v) is 3.92. The molecule has 1 aromatic heterocycles. The highest BCUT2D eigenvalue weighted by molar-refractivity contribution is 14.1. The van der Waals surface area contributed by atoms with Crippen LogP contribution in [0.1, 0.15) is 17.1 Å². The normalized spacial score (nSPS) is 10.4. The number of nitrogens with zero attached hydrogens (tertiary/aromatic N) is 2. The van der Waals surface area contributed by atoms with Gasteiger partial charge in [-0.2, -0.15) is 0 Å². The van der Waals surface area contributed by atoms with Gasteiger partial charge in [-0.1, -0.05) is 12.1 Å². The molecule has 0 saturated carbocycles. The van der Waals surface area contributed by atoms with Gasteiger partial charge in [0.15, 0.2) is 0 Å². The van der Waals surface area contributed by atoms with Gasteiger partial charge >= 0.3 is 0 Å². The average molecular weight is 355 g/mol. The summed E-state index contributed by atoms with van der Waals surface area (Å²) in [6.45, 7) is 1.94. The summed E-state index contributed by atoms with van der Waals surface area (Å²) in [4.78, 5) is 8.75. The zero-order valence-corrected chi connectivity index (χ0v) is 12.4. The van der Waals surface area contributed by atoms with Gasteiger partial charge in [0.05, 0.1) is 16.4 Å². The summed E-state index contributed by atoms with van der Waals surface area (Å²) in [7, 11) is 1.66. The van der Waals surface area contributed by atoms with Crippen molar-refractivity contribution >= 4 is 28.4 Å². The van der Waals surface area contributed by atoms with Crippen LogP contribution in [0.2, 0.25) is 0 Å². The minimum atomic E-state index is 0.543. The van der Waals surface area contributed by atoms with E-state index in [1.54, 1.807) is 7.11 Å². The lowest BCUT2D eigenvalue weighted by atomic mass is 10.1. The molecule has 0 aliphatic carbocycles. The van der Waals surface area contributed by atoms with Gasteiger partial charge < -0.3 is 10.5 Å². The predicted molar refractivity (Wildman–Crippen MR) is 79.7 cm³/mol. The van der Waals surface area contributed by atoms with Gasteiger partial charge in [0, 0.05) is 6.42 Å². The number of aryl methyl sites for hydroxylation is 1. The number of hydrogen-bond acceptors (Lipinski definition) is 4. The maximum Gasteiger partial charge on any atom is 0.140 e. The van der Waals surface area contributed by atoms with Crippen LogP contribution in [-0.4, -0.2) is 17.1 Å². The Morgan fingerprint density at radius 1 is 1.33 bits per heavy atom. The Bertz CT molecular complexity index is 549. The van der Waals surface area contributed by atoms with Gasteiger partial charge in [-0.05, 0) is 47.2 Å². The van der Waals surface area contributed by atoms with Crippen molar-refractivity contribution in [2.75, 3.05) is 12.8 Å². The number of aromatic nitrogens is 2. The van der Waals surface area contributed by atoms with Crippen LogP contribution >= 0.6 is 22.6 Å². The van der Waals surface area contributed by atoms with Crippen molar-refractivity contribution in [1.82, 2.24) is 9.97 Å². The molecule has 0 aliphatic heterocycles. The van der Waals surface area contributed by atoms with E-state index < -0.39 is 0 Å². The van der Waals surface area contributed by atoms with Crippen molar-refractivity contribution in [2.45, 2.75) is 13.3 Å². The van der Waals surface area contributed by atoms with Crippen LogP contribution in [0.4, 0.5) is 5.82 Å². The summed E-state index contributed by atoms with van der Waals surface area (Å²) < 4.78 is 6.11. The second-order valence-electron chi connectivity index (χ2n) is 3.95. The molecule has 0 amide bonds. The average Bonchev–Trinajstić information content (AvgIpc) is 2.36. The Morgan fingerprint density at radius 3 is 2.78 bits per heavy atom. The van der Waals surface area contributed by atoms with Crippen molar-refractivity contribution in [3.05, 3.63) is 44.9 Å². The summed E-state index contributed by atoms with van der Waals surface area (Å²) in [5, 5.41) is 0. The summed E-state index contributed by atoms with van der Waals surface area (Å²) in [6.07, 6.45) is 0.652. The molecule has 0 fully saturated rings. The molecule has 2 N–H and O–H groups in total. The van der Waals surface area contributed by atoms with Crippen molar-refractivity contribution in [3.63, 3.8) is 0 Å². The third-order valence-electron chi connectivity index (χ3n) is 2.59. The quantitative estimate of drug-likeness (QED) is 0.860. The standard InChI is InChI=1S/C13H14IN3O/c1-8-12(14)13(15)17-11(16-8)7-9-4-3-5-10(6-9)18-2/h3-6H,7H2,1-2H3,(H2,15,16,17).